The summed E-state index contributed by atoms with van der Waals surface area (Å²) in [5.41, 5.74) is 2.25. The number of likely N-dealkylation sites (N-methyl/N-ethyl adjacent to an activating group) is 1. The summed E-state index contributed by atoms with van der Waals surface area (Å²) in [6.07, 6.45) is 6.57. The summed E-state index contributed by atoms with van der Waals surface area (Å²) in [4.78, 5) is 0. The second kappa shape index (κ2) is 5.61. The van der Waals surface area contributed by atoms with E-state index in [1.807, 2.05) is 7.05 Å². The van der Waals surface area contributed by atoms with Crippen LogP contribution < -0.4 is 5.32 Å². The van der Waals surface area contributed by atoms with Gasteiger partial charge in [-0.05, 0) is 51.3 Å². The second-order valence-corrected chi connectivity index (χ2v) is 4.87. The molecule has 1 aromatic carbocycles. The average Bonchev–Trinajstić information content (AvgIpc) is 2.38. The molecule has 1 atom stereocenters. The summed E-state index contributed by atoms with van der Waals surface area (Å²) in [6.45, 7) is 1.67. The third-order valence-corrected chi connectivity index (χ3v) is 3.57. The number of nitrogens with one attached hydrogen (secondary N) is 1. The minimum absolute atomic E-state index is 0.135. The third kappa shape index (κ3) is 2.61. The van der Waals surface area contributed by atoms with Crippen LogP contribution in [0.15, 0.2) is 23.8 Å². The lowest BCUT2D eigenvalue weighted by Gasteiger charge is -2.24. The second-order valence-electron chi connectivity index (χ2n) is 4.87. The Morgan fingerprint density at radius 1 is 1.17 bits per heavy atom. The molecule has 1 N–H and O–H groups in total. The highest BCUT2D eigenvalue weighted by Crippen LogP contribution is 2.31. The summed E-state index contributed by atoms with van der Waals surface area (Å²) in [5.74, 6) is -0.951. The minimum atomic E-state index is -0.483. The number of allylic oxidation sites excluding steroid dienone is 1. The lowest BCUT2D eigenvalue weighted by molar-refractivity contribution is 0.530. The lowest BCUT2D eigenvalue weighted by Crippen LogP contribution is -2.21. The van der Waals surface area contributed by atoms with Gasteiger partial charge in [-0.15, -0.1) is 0 Å². The van der Waals surface area contributed by atoms with E-state index in [4.69, 9.17) is 0 Å². The molecule has 0 radical (unpaired) electrons. The smallest absolute Gasteiger partial charge is 0.131 e. The van der Waals surface area contributed by atoms with Crippen LogP contribution in [-0.4, -0.2) is 7.05 Å². The van der Waals surface area contributed by atoms with Crippen LogP contribution in [0.4, 0.5) is 8.78 Å². The Labute approximate surface area is 107 Å². The molecule has 0 fully saturated rings. The van der Waals surface area contributed by atoms with Crippen LogP contribution in [-0.2, 0) is 0 Å². The number of hydrogen-bond acceptors (Lipinski definition) is 1. The molecule has 3 heteroatoms. The van der Waals surface area contributed by atoms with Crippen molar-refractivity contribution in [1.29, 1.82) is 0 Å². The molecule has 2 rings (SSSR count). The molecule has 98 valence electrons. The van der Waals surface area contributed by atoms with Gasteiger partial charge in [-0.2, -0.15) is 0 Å². The molecule has 1 aliphatic rings. The van der Waals surface area contributed by atoms with Crippen LogP contribution in [0.2, 0.25) is 0 Å². The fourth-order valence-electron chi connectivity index (χ4n) is 2.57. The van der Waals surface area contributed by atoms with E-state index in [-0.39, 0.29) is 6.04 Å². The maximum Gasteiger partial charge on any atom is 0.131 e. The first-order chi connectivity index (χ1) is 8.63. The quantitative estimate of drug-likeness (QED) is 0.800. The molecule has 1 unspecified atom stereocenters. The Balaban J connectivity index is 2.38. The largest absolute Gasteiger partial charge is 0.310 e. The van der Waals surface area contributed by atoms with Crippen molar-refractivity contribution in [3.05, 3.63) is 46.5 Å². The van der Waals surface area contributed by atoms with Gasteiger partial charge in [-0.3, -0.25) is 0 Å². The van der Waals surface area contributed by atoms with Gasteiger partial charge in [-0.1, -0.05) is 11.6 Å². The molecule has 0 heterocycles. The Bertz CT molecular complexity index is 466. The van der Waals surface area contributed by atoms with E-state index in [0.717, 1.165) is 25.3 Å². The number of aryl methyl sites for hydroxylation is 1. The molecule has 1 nitrogen and oxygen atoms in total. The molecule has 1 aliphatic carbocycles. The van der Waals surface area contributed by atoms with Gasteiger partial charge in [0, 0.05) is 11.6 Å². The molecule has 0 saturated heterocycles. The van der Waals surface area contributed by atoms with Crippen molar-refractivity contribution in [1.82, 2.24) is 5.32 Å². The molecule has 18 heavy (non-hydrogen) atoms. The first-order valence-electron chi connectivity index (χ1n) is 6.45. The standard InChI is InChI=1S/C15H19F2N/c1-10-8-12(14(17)9-13(10)16)15(18-2)11-6-4-3-5-7-11/h6,8-9,15,18H,3-5,7H2,1-2H3. The van der Waals surface area contributed by atoms with E-state index < -0.39 is 11.6 Å². The predicted molar refractivity (Wildman–Crippen MR) is 69.4 cm³/mol. The Hall–Kier alpha value is -1.22. The highest BCUT2D eigenvalue weighted by molar-refractivity contribution is 5.34. The fraction of sp³-hybridized carbons (Fsp3) is 0.467. The Kier molecular flexibility index (Phi) is 4.12. The Morgan fingerprint density at radius 2 is 1.94 bits per heavy atom. The van der Waals surface area contributed by atoms with Crippen LogP contribution in [0.5, 0.6) is 0 Å². The van der Waals surface area contributed by atoms with Crippen molar-refractivity contribution in [2.45, 2.75) is 38.6 Å². The molecule has 0 amide bonds. The van der Waals surface area contributed by atoms with Gasteiger partial charge in [0.05, 0.1) is 6.04 Å². The van der Waals surface area contributed by atoms with E-state index >= 15 is 0 Å². The fourth-order valence-corrected chi connectivity index (χ4v) is 2.57. The number of rotatable bonds is 3. The highest BCUT2D eigenvalue weighted by atomic mass is 19.1. The topological polar surface area (TPSA) is 12.0 Å². The molecule has 0 saturated carbocycles. The molecule has 1 aromatic rings. The van der Waals surface area contributed by atoms with Crippen LogP contribution in [0.25, 0.3) is 0 Å². The molecule has 0 aromatic heterocycles. The summed E-state index contributed by atoms with van der Waals surface area (Å²) >= 11 is 0. The predicted octanol–water partition coefficient (Wildman–Crippen LogP) is 4.03. The molecule has 0 spiro atoms. The van der Waals surface area contributed by atoms with E-state index in [1.165, 1.54) is 12.0 Å². The summed E-state index contributed by atoms with van der Waals surface area (Å²) < 4.78 is 27.2. The van der Waals surface area contributed by atoms with Gasteiger partial charge in [-0.25, -0.2) is 8.78 Å². The van der Waals surface area contributed by atoms with Gasteiger partial charge in [0.15, 0.2) is 0 Å². The zero-order valence-electron chi connectivity index (χ0n) is 10.9. The summed E-state index contributed by atoms with van der Waals surface area (Å²) in [6, 6.07) is 2.46. The van der Waals surface area contributed by atoms with Gasteiger partial charge < -0.3 is 5.32 Å². The minimum Gasteiger partial charge on any atom is -0.310 e. The van der Waals surface area contributed by atoms with Crippen molar-refractivity contribution >= 4 is 0 Å². The van der Waals surface area contributed by atoms with Crippen LogP contribution in [0.3, 0.4) is 0 Å². The van der Waals surface area contributed by atoms with E-state index in [1.54, 1.807) is 13.0 Å². The summed E-state index contributed by atoms with van der Waals surface area (Å²) in [7, 11) is 1.82. The molecular weight excluding hydrogens is 232 g/mol. The average molecular weight is 251 g/mol. The maximum atomic E-state index is 13.9. The van der Waals surface area contributed by atoms with Crippen molar-refractivity contribution in [2.75, 3.05) is 7.05 Å². The number of halogens is 2. The van der Waals surface area contributed by atoms with Crippen molar-refractivity contribution in [3.8, 4) is 0 Å². The molecule has 0 bridgehead atoms. The SMILES string of the molecule is CNC(C1=CCCCC1)c1cc(C)c(F)cc1F. The maximum absolute atomic E-state index is 13.9. The molecule has 0 aliphatic heterocycles. The monoisotopic (exact) mass is 251 g/mol. The zero-order chi connectivity index (χ0) is 13.1. The lowest BCUT2D eigenvalue weighted by atomic mass is 9.89. The van der Waals surface area contributed by atoms with Crippen molar-refractivity contribution in [3.63, 3.8) is 0 Å². The Morgan fingerprint density at radius 3 is 2.56 bits per heavy atom. The normalized spacial score (nSPS) is 17.4. The first-order valence-corrected chi connectivity index (χ1v) is 6.45. The number of benzene rings is 1. The highest BCUT2D eigenvalue weighted by Gasteiger charge is 2.20. The van der Waals surface area contributed by atoms with Gasteiger partial charge in [0.2, 0.25) is 0 Å². The van der Waals surface area contributed by atoms with Crippen molar-refractivity contribution < 1.29 is 8.78 Å². The van der Waals surface area contributed by atoms with Crippen LogP contribution in [0, 0.1) is 18.6 Å². The van der Waals surface area contributed by atoms with E-state index in [2.05, 4.69) is 11.4 Å². The van der Waals surface area contributed by atoms with E-state index in [0.29, 0.717) is 11.1 Å². The molecular formula is C15H19F2N. The zero-order valence-corrected chi connectivity index (χ0v) is 10.9. The third-order valence-electron chi connectivity index (χ3n) is 3.57. The van der Waals surface area contributed by atoms with Crippen LogP contribution >= 0.6 is 0 Å². The summed E-state index contributed by atoms with van der Waals surface area (Å²) in [5, 5.41) is 3.14. The van der Waals surface area contributed by atoms with Gasteiger partial charge in [0.25, 0.3) is 0 Å². The van der Waals surface area contributed by atoms with E-state index in [9.17, 15) is 8.78 Å². The first kappa shape index (κ1) is 13.2. The van der Waals surface area contributed by atoms with Crippen LogP contribution in [0.1, 0.15) is 42.9 Å². The number of hydrogen-bond donors (Lipinski definition) is 1. The van der Waals surface area contributed by atoms with Gasteiger partial charge in [0.1, 0.15) is 11.6 Å². The van der Waals surface area contributed by atoms with Crippen molar-refractivity contribution in [2.24, 2.45) is 0 Å². The van der Waals surface area contributed by atoms with Gasteiger partial charge >= 0.3 is 0 Å².